The van der Waals surface area contributed by atoms with Crippen LogP contribution in [0.15, 0.2) is 24.3 Å². The van der Waals surface area contributed by atoms with Gasteiger partial charge in [-0.2, -0.15) is 0 Å². The summed E-state index contributed by atoms with van der Waals surface area (Å²) in [4.78, 5) is 24.2. The zero-order valence-corrected chi connectivity index (χ0v) is 12.9. The fourth-order valence-corrected chi connectivity index (χ4v) is 1.49. The molecule has 4 heteroatoms. The topological polar surface area (TPSA) is 58.2 Å². The Morgan fingerprint density at radius 2 is 1.75 bits per heavy atom. The highest BCUT2D eigenvalue weighted by Crippen LogP contribution is 2.20. The number of hydrogen-bond donors (Lipinski definition) is 2. The van der Waals surface area contributed by atoms with Gasteiger partial charge in [0.15, 0.2) is 0 Å². The molecule has 1 aromatic carbocycles. The number of hydrogen-bond acceptors (Lipinski definition) is 2. The average Bonchev–Trinajstić information content (AvgIpc) is 2.35. The lowest BCUT2D eigenvalue weighted by Gasteiger charge is -2.19. The number of amides is 2. The first-order valence-electron chi connectivity index (χ1n) is 6.90. The van der Waals surface area contributed by atoms with Crippen molar-refractivity contribution in [3.63, 3.8) is 0 Å². The van der Waals surface area contributed by atoms with Gasteiger partial charge in [-0.05, 0) is 18.1 Å². The molecule has 0 unspecified atom stereocenters. The Morgan fingerprint density at radius 3 is 2.30 bits per heavy atom. The van der Waals surface area contributed by atoms with E-state index in [9.17, 15) is 9.59 Å². The number of para-hydroxylation sites is 1. The largest absolute Gasteiger partial charge is 0.352 e. The minimum absolute atomic E-state index is 0.110. The highest BCUT2D eigenvalue weighted by atomic mass is 16.2. The molecule has 0 spiro atoms. The molecule has 1 aromatic rings. The molecule has 2 N–H and O–H groups in total. The van der Waals surface area contributed by atoms with Crippen LogP contribution in [0.2, 0.25) is 0 Å². The molecule has 0 aliphatic heterocycles. The molecule has 0 heterocycles. The Morgan fingerprint density at radius 1 is 1.15 bits per heavy atom. The number of carbonyl (C=O) groups is 2. The van der Waals surface area contributed by atoms with E-state index in [2.05, 4.69) is 10.6 Å². The van der Waals surface area contributed by atoms with E-state index in [0.29, 0.717) is 23.7 Å². The molecule has 0 aliphatic carbocycles. The van der Waals surface area contributed by atoms with Crippen molar-refractivity contribution in [3.05, 3.63) is 29.8 Å². The lowest BCUT2D eigenvalue weighted by molar-refractivity contribution is -0.123. The predicted molar refractivity (Wildman–Crippen MR) is 81.7 cm³/mol. The highest BCUT2D eigenvalue weighted by Gasteiger charge is 2.22. The van der Waals surface area contributed by atoms with Gasteiger partial charge in [0.05, 0.1) is 11.3 Å². The predicted octanol–water partition coefficient (Wildman–Crippen LogP) is 3.06. The molecule has 0 atom stereocenters. The lowest BCUT2D eigenvalue weighted by atomic mass is 9.95. The zero-order valence-electron chi connectivity index (χ0n) is 12.9. The van der Waals surface area contributed by atoms with Crippen molar-refractivity contribution >= 4 is 17.5 Å². The van der Waals surface area contributed by atoms with Crippen molar-refractivity contribution in [2.45, 2.75) is 34.6 Å². The van der Waals surface area contributed by atoms with Crippen LogP contribution in [0.1, 0.15) is 45.0 Å². The molecule has 0 bridgehead atoms. The monoisotopic (exact) mass is 276 g/mol. The van der Waals surface area contributed by atoms with E-state index in [4.69, 9.17) is 0 Å². The van der Waals surface area contributed by atoms with Gasteiger partial charge < -0.3 is 10.6 Å². The summed E-state index contributed by atoms with van der Waals surface area (Å²) in [5.74, 6) is 0.111. The van der Waals surface area contributed by atoms with Gasteiger partial charge in [-0.3, -0.25) is 9.59 Å². The third-order valence-electron chi connectivity index (χ3n) is 2.77. The summed E-state index contributed by atoms with van der Waals surface area (Å²) in [5.41, 5.74) is 0.543. The first-order chi connectivity index (χ1) is 9.21. The average molecular weight is 276 g/mol. The second kappa shape index (κ2) is 6.55. The van der Waals surface area contributed by atoms with Crippen LogP contribution in [0.5, 0.6) is 0 Å². The second-order valence-corrected chi connectivity index (χ2v) is 6.35. The molecule has 0 fully saturated rings. The number of nitrogens with one attached hydrogen (secondary N) is 2. The summed E-state index contributed by atoms with van der Waals surface area (Å²) < 4.78 is 0. The van der Waals surface area contributed by atoms with E-state index >= 15 is 0 Å². The van der Waals surface area contributed by atoms with Gasteiger partial charge >= 0.3 is 0 Å². The van der Waals surface area contributed by atoms with Gasteiger partial charge in [0.25, 0.3) is 5.91 Å². The number of carbonyl (C=O) groups excluding carboxylic acids is 2. The Kier molecular flexibility index (Phi) is 5.31. The van der Waals surface area contributed by atoms with Crippen molar-refractivity contribution < 1.29 is 9.59 Å². The molecule has 0 radical (unpaired) electrons. The maximum absolute atomic E-state index is 12.1. The summed E-state index contributed by atoms with van der Waals surface area (Å²) in [6.07, 6.45) is 0. The molecule has 20 heavy (non-hydrogen) atoms. The highest BCUT2D eigenvalue weighted by molar-refractivity contribution is 6.04. The van der Waals surface area contributed by atoms with E-state index < -0.39 is 5.41 Å². The van der Waals surface area contributed by atoms with Crippen LogP contribution < -0.4 is 10.6 Å². The van der Waals surface area contributed by atoms with Crippen LogP contribution in [0, 0.1) is 11.3 Å². The third-order valence-corrected chi connectivity index (χ3v) is 2.77. The second-order valence-electron chi connectivity index (χ2n) is 6.35. The van der Waals surface area contributed by atoms with Crippen LogP contribution in [0.25, 0.3) is 0 Å². The smallest absolute Gasteiger partial charge is 0.253 e. The molecule has 1 rings (SSSR count). The Bertz CT molecular complexity index is 487. The maximum Gasteiger partial charge on any atom is 0.253 e. The molecular weight excluding hydrogens is 252 g/mol. The molecule has 110 valence electrons. The summed E-state index contributed by atoms with van der Waals surface area (Å²) in [6, 6.07) is 7.05. The molecule has 4 nitrogen and oxygen atoms in total. The molecule has 2 amide bonds. The van der Waals surface area contributed by atoms with Gasteiger partial charge in [-0.25, -0.2) is 0 Å². The minimum Gasteiger partial charge on any atom is -0.352 e. The van der Waals surface area contributed by atoms with E-state index in [1.807, 2.05) is 34.6 Å². The molecule has 0 aromatic heterocycles. The SMILES string of the molecule is CC(C)CNC(=O)c1ccccc1NC(=O)C(C)(C)C. The maximum atomic E-state index is 12.1. The fraction of sp³-hybridized carbons (Fsp3) is 0.500. The molecule has 0 aliphatic rings. The number of benzene rings is 1. The van der Waals surface area contributed by atoms with E-state index in [1.165, 1.54) is 0 Å². The number of anilines is 1. The van der Waals surface area contributed by atoms with Gasteiger partial charge in [-0.1, -0.05) is 46.8 Å². The van der Waals surface area contributed by atoms with Gasteiger partial charge in [0.1, 0.15) is 0 Å². The van der Waals surface area contributed by atoms with E-state index in [0.717, 1.165) is 0 Å². The van der Waals surface area contributed by atoms with E-state index in [-0.39, 0.29) is 11.8 Å². The van der Waals surface area contributed by atoms with Gasteiger partial charge in [-0.15, -0.1) is 0 Å². The third kappa shape index (κ3) is 4.68. The lowest BCUT2D eigenvalue weighted by Crippen LogP contribution is -2.31. The Hall–Kier alpha value is -1.84. The van der Waals surface area contributed by atoms with Crippen LogP contribution in [-0.4, -0.2) is 18.4 Å². The van der Waals surface area contributed by atoms with Crippen molar-refractivity contribution in [1.82, 2.24) is 5.32 Å². The Balaban J connectivity index is 2.88. The summed E-state index contributed by atoms with van der Waals surface area (Å²) >= 11 is 0. The van der Waals surface area contributed by atoms with Crippen LogP contribution in [0.4, 0.5) is 5.69 Å². The minimum atomic E-state index is -0.498. The van der Waals surface area contributed by atoms with Crippen LogP contribution in [-0.2, 0) is 4.79 Å². The quantitative estimate of drug-likeness (QED) is 0.888. The fourth-order valence-electron chi connectivity index (χ4n) is 1.49. The molecular formula is C16H24N2O2. The van der Waals surface area contributed by atoms with Crippen LogP contribution >= 0.6 is 0 Å². The zero-order chi connectivity index (χ0) is 15.3. The van der Waals surface area contributed by atoms with Crippen LogP contribution in [0.3, 0.4) is 0 Å². The molecule has 0 saturated heterocycles. The first kappa shape index (κ1) is 16.2. The normalized spacial score (nSPS) is 11.3. The standard InChI is InChI=1S/C16H24N2O2/c1-11(2)10-17-14(19)12-8-6-7-9-13(12)18-15(20)16(3,4)5/h6-9,11H,10H2,1-5H3,(H,17,19)(H,18,20). The van der Waals surface area contributed by atoms with Crippen molar-refractivity contribution in [2.75, 3.05) is 11.9 Å². The summed E-state index contributed by atoms with van der Waals surface area (Å²) in [5, 5.41) is 5.68. The van der Waals surface area contributed by atoms with Gasteiger partial charge in [0.2, 0.25) is 5.91 Å². The van der Waals surface area contributed by atoms with Crippen molar-refractivity contribution in [2.24, 2.45) is 11.3 Å². The summed E-state index contributed by atoms with van der Waals surface area (Å²) in [6.45, 7) is 10.2. The first-order valence-corrected chi connectivity index (χ1v) is 6.90. The summed E-state index contributed by atoms with van der Waals surface area (Å²) in [7, 11) is 0. The molecule has 0 saturated carbocycles. The van der Waals surface area contributed by atoms with Crippen molar-refractivity contribution in [3.8, 4) is 0 Å². The number of rotatable bonds is 4. The van der Waals surface area contributed by atoms with Gasteiger partial charge in [0, 0.05) is 12.0 Å². The van der Waals surface area contributed by atoms with E-state index in [1.54, 1.807) is 24.3 Å². The Labute approximate surface area is 121 Å². The van der Waals surface area contributed by atoms with Crippen molar-refractivity contribution in [1.29, 1.82) is 0 Å².